The lowest BCUT2D eigenvalue weighted by Gasteiger charge is -2.25. The lowest BCUT2D eigenvalue weighted by Crippen LogP contribution is -2.44. The van der Waals surface area contributed by atoms with Crippen LogP contribution in [-0.2, 0) is 16.4 Å². The van der Waals surface area contributed by atoms with E-state index in [-0.39, 0.29) is 12.0 Å². The SMILES string of the molecule is CC(C)C(CN(C)C)NS(=O)(=O)c1ccc(CCCl)cc1. The predicted octanol–water partition coefficient (Wildman–Crippen LogP) is 2.33. The fourth-order valence-electron chi connectivity index (χ4n) is 1.99. The van der Waals surface area contributed by atoms with E-state index < -0.39 is 10.0 Å². The summed E-state index contributed by atoms with van der Waals surface area (Å²) in [5, 5.41) is 0. The van der Waals surface area contributed by atoms with Gasteiger partial charge in [0.25, 0.3) is 0 Å². The third kappa shape index (κ3) is 5.94. The predicted molar refractivity (Wildman–Crippen MR) is 88.4 cm³/mol. The smallest absolute Gasteiger partial charge is 0.240 e. The normalized spacial score (nSPS) is 13.9. The van der Waals surface area contributed by atoms with Crippen molar-refractivity contribution in [1.82, 2.24) is 9.62 Å². The summed E-state index contributed by atoms with van der Waals surface area (Å²) in [5.74, 6) is 0.750. The molecule has 1 unspecified atom stereocenters. The van der Waals surface area contributed by atoms with Crippen molar-refractivity contribution in [1.29, 1.82) is 0 Å². The van der Waals surface area contributed by atoms with Gasteiger partial charge in [-0.3, -0.25) is 0 Å². The van der Waals surface area contributed by atoms with Crippen molar-refractivity contribution < 1.29 is 8.42 Å². The minimum absolute atomic E-state index is 0.118. The van der Waals surface area contributed by atoms with Crippen molar-refractivity contribution >= 4 is 21.6 Å². The summed E-state index contributed by atoms with van der Waals surface area (Å²) >= 11 is 5.68. The number of halogens is 1. The first kappa shape index (κ1) is 18.4. The molecule has 6 heteroatoms. The largest absolute Gasteiger partial charge is 0.308 e. The van der Waals surface area contributed by atoms with E-state index in [1.165, 1.54) is 0 Å². The number of hydrogen-bond acceptors (Lipinski definition) is 3. The van der Waals surface area contributed by atoms with E-state index in [1.54, 1.807) is 12.1 Å². The Hall–Kier alpha value is -0.620. The minimum Gasteiger partial charge on any atom is -0.308 e. The highest BCUT2D eigenvalue weighted by Gasteiger charge is 2.22. The van der Waals surface area contributed by atoms with Crippen LogP contribution >= 0.6 is 11.6 Å². The number of alkyl halides is 1. The lowest BCUT2D eigenvalue weighted by atomic mass is 10.1. The average Bonchev–Trinajstić information content (AvgIpc) is 2.38. The molecule has 1 aromatic rings. The monoisotopic (exact) mass is 332 g/mol. The van der Waals surface area contributed by atoms with Crippen LogP contribution in [0.2, 0.25) is 0 Å². The molecule has 0 bridgehead atoms. The molecule has 0 aromatic heterocycles. The highest BCUT2D eigenvalue weighted by Crippen LogP contribution is 2.14. The van der Waals surface area contributed by atoms with E-state index in [0.29, 0.717) is 17.3 Å². The van der Waals surface area contributed by atoms with Crippen molar-refractivity contribution in [2.75, 3.05) is 26.5 Å². The molecule has 0 saturated carbocycles. The van der Waals surface area contributed by atoms with E-state index in [9.17, 15) is 8.42 Å². The molecule has 0 heterocycles. The third-order valence-corrected chi connectivity index (χ3v) is 4.98. The number of hydrogen-bond donors (Lipinski definition) is 1. The van der Waals surface area contributed by atoms with Gasteiger partial charge in [-0.1, -0.05) is 26.0 Å². The highest BCUT2D eigenvalue weighted by atomic mass is 35.5. The Labute approximate surface area is 133 Å². The number of aryl methyl sites for hydroxylation is 1. The van der Waals surface area contributed by atoms with Gasteiger partial charge in [0.15, 0.2) is 0 Å². The van der Waals surface area contributed by atoms with Gasteiger partial charge in [-0.05, 0) is 44.1 Å². The number of sulfonamides is 1. The molecular weight excluding hydrogens is 308 g/mol. The van der Waals surface area contributed by atoms with Crippen LogP contribution in [0.15, 0.2) is 29.2 Å². The van der Waals surface area contributed by atoms with Gasteiger partial charge in [-0.25, -0.2) is 13.1 Å². The molecule has 0 aliphatic carbocycles. The molecule has 21 heavy (non-hydrogen) atoms. The zero-order chi connectivity index (χ0) is 16.0. The molecule has 4 nitrogen and oxygen atoms in total. The topological polar surface area (TPSA) is 49.4 Å². The molecule has 1 rings (SSSR count). The molecule has 0 fully saturated rings. The molecule has 0 radical (unpaired) electrons. The van der Waals surface area contributed by atoms with Crippen LogP contribution in [0, 0.1) is 5.92 Å². The molecule has 0 amide bonds. The van der Waals surface area contributed by atoms with Crippen LogP contribution < -0.4 is 4.72 Å². The van der Waals surface area contributed by atoms with Gasteiger partial charge in [0.05, 0.1) is 4.90 Å². The highest BCUT2D eigenvalue weighted by molar-refractivity contribution is 7.89. The second-order valence-corrected chi connectivity index (χ2v) is 7.91. The van der Waals surface area contributed by atoms with Crippen molar-refractivity contribution in [3.05, 3.63) is 29.8 Å². The fourth-order valence-corrected chi connectivity index (χ4v) is 3.58. The zero-order valence-electron chi connectivity index (χ0n) is 13.1. The third-order valence-electron chi connectivity index (χ3n) is 3.29. The zero-order valence-corrected chi connectivity index (χ0v) is 14.7. The van der Waals surface area contributed by atoms with E-state index in [4.69, 9.17) is 11.6 Å². The maximum absolute atomic E-state index is 12.4. The van der Waals surface area contributed by atoms with Gasteiger partial charge in [0.2, 0.25) is 10.0 Å². The maximum Gasteiger partial charge on any atom is 0.240 e. The Morgan fingerprint density at radius 1 is 1.19 bits per heavy atom. The second kappa shape index (κ2) is 8.13. The summed E-state index contributed by atoms with van der Waals surface area (Å²) in [6.45, 7) is 4.70. The van der Waals surface area contributed by atoms with Gasteiger partial charge < -0.3 is 4.90 Å². The molecule has 0 aliphatic rings. The van der Waals surface area contributed by atoms with Crippen molar-refractivity contribution in [3.63, 3.8) is 0 Å². The van der Waals surface area contributed by atoms with Crippen molar-refractivity contribution in [2.45, 2.75) is 31.2 Å². The average molecular weight is 333 g/mol. The number of nitrogens with one attached hydrogen (secondary N) is 1. The molecule has 1 N–H and O–H groups in total. The fraction of sp³-hybridized carbons (Fsp3) is 0.600. The standard InChI is InChI=1S/C15H25ClN2O2S/c1-12(2)15(11-18(3)4)17-21(19,20)14-7-5-13(6-8-14)9-10-16/h5-8,12,15,17H,9-11H2,1-4H3. The lowest BCUT2D eigenvalue weighted by molar-refractivity contribution is 0.314. The van der Waals surface area contributed by atoms with Gasteiger partial charge in [-0.15, -0.1) is 11.6 Å². The molecular formula is C15H25ClN2O2S. The second-order valence-electron chi connectivity index (χ2n) is 5.82. The van der Waals surface area contributed by atoms with Crippen molar-refractivity contribution in [3.8, 4) is 0 Å². The Kier molecular flexibility index (Phi) is 7.13. The summed E-state index contributed by atoms with van der Waals surface area (Å²) in [4.78, 5) is 2.28. The Bertz CT molecular complexity index is 527. The van der Waals surface area contributed by atoms with Crippen LogP contribution in [-0.4, -0.2) is 45.9 Å². The van der Waals surface area contributed by atoms with Gasteiger partial charge >= 0.3 is 0 Å². The summed E-state index contributed by atoms with van der Waals surface area (Å²) < 4.78 is 27.7. The maximum atomic E-state index is 12.4. The summed E-state index contributed by atoms with van der Waals surface area (Å²) in [5.41, 5.74) is 1.04. The first-order valence-electron chi connectivity index (χ1n) is 7.08. The van der Waals surface area contributed by atoms with Gasteiger partial charge in [0, 0.05) is 18.5 Å². The number of rotatable bonds is 8. The molecule has 0 saturated heterocycles. The number of benzene rings is 1. The number of likely N-dealkylation sites (N-methyl/N-ethyl adjacent to an activating group) is 1. The first-order valence-corrected chi connectivity index (χ1v) is 9.10. The molecule has 1 aromatic carbocycles. The first-order chi connectivity index (χ1) is 9.76. The summed E-state index contributed by atoms with van der Waals surface area (Å²) in [6.07, 6.45) is 0.741. The van der Waals surface area contributed by atoms with Gasteiger partial charge in [-0.2, -0.15) is 0 Å². The Morgan fingerprint density at radius 2 is 1.76 bits per heavy atom. The van der Waals surface area contributed by atoms with Crippen LogP contribution in [0.3, 0.4) is 0 Å². The van der Waals surface area contributed by atoms with E-state index in [0.717, 1.165) is 12.0 Å². The van der Waals surface area contributed by atoms with Crippen LogP contribution in [0.1, 0.15) is 19.4 Å². The molecule has 1 atom stereocenters. The minimum atomic E-state index is -3.49. The molecule has 120 valence electrons. The number of nitrogens with zero attached hydrogens (tertiary/aromatic N) is 1. The molecule has 0 aliphatic heterocycles. The quantitative estimate of drug-likeness (QED) is 0.743. The molecule has 0 spiro atoms. The van der Waals surface area contributed by atoms with E-state index in [1.807, 2.05) is 45.0 Å². The van der Waals surface area contributed by atoms with Gasteiger partial charge in [0.1, 0.15) is 0 Å². The summed E-state index contributed by atoms with van der Waals surface area (Å²) in [7, 11) is 0.379. The summed E-state index contributed by atoms with van der Waals surface area (Å²) in [6, 6.07) is 6.78. The Balaban J connectivity index is 2.88. The van der Waals surface area contributed by atoms with Crippen LogP contribution in [0.25, 0.3) is 0 Å². The Morgan fingerprint density at radius 3 is 2.19 bits per heavy atom. The van der Waals surface area contributed by atoms with E-state index in [2.05, 4.69) is 4.72 Å². The van der Waals surface area contributed by atoms with Crippen molar-refractivity contribution in [2.24, 2.45) is 5.92 Å². The van der Waals surface area contributed by atoms with E-state index >= 15 is 0 Å². The van der Waals surface area contributed by atoms with Crippen LogP contribution in [0.4, 0.5) is 0 Å². The van der Waals surface area contributed by atoms with Crippen LogP contribution in [0.5, 0.6) is 0 Å².